The van der Waals surface area contributed by atoms with E-state index in [1.165, 1.54) is 0 Å². The van der Waals surface area contributed by atoms with Gasteiger partial charge in [-0.25, -0.2) is 0 Å². The number of rotatable bonds is 5. The van der Waals surface area contributed by atoms with E-state index in [1.54, 1.807) is 0 Å². The number of aliphatic hydroxyl groups is 1. The van der Waals surface area contributed by atoms with Crippen LogP contribution in [0.1, 0.15) is 64.0 Å². The summed E-state index contributed by atoms with van der Waals surface area (Å²) >= 11 is 0. The van der Waals surface area contributed by atoms with Gasteiger partial charge in [-0.1, -0.05) is 24.8 Å². The summed E-state index contributed by atoms with van der Waals surface area (Å²) in [6.07, 6.45) is -18.1. The molecule has 1 aromatic carbocycles. The van der Waals surface area contributed by atoms with Gasteiger partial charge in [0.25, 0.3) is 0 Å². The fourth-order valence-electron chi connectivity index (χ4n) is 1.32. The van der Waals surface area contributed by atoms with Crippen molar-refractivity contribution in [3.63, 3.8) is 0 Å². The molecule has 0 bridgehead atoms. The first-order chi connectivity index (χ1) is 19.0. The Bertz CT molecular complexity index is 1280. The Morgan fingerprint density at radius 1 is 1.74 bits per heavy atom. The van der Waals surface area contributed by atoms with Crippen molar-refractivity contribution in [2.45, 2.75) is 31.1 Å². The average Bonchev–Trinajstić information content (AvgIpc) is 2.78. The first-order valence-corrected chi connectivity index (χ1v) is 4.78. The van der Waals surface area contributed by atoms with Crippen LogP contribution in [-0.4, -0.2) is 38.9 Å². The van der Waals surface area contributed by atoms with E-state index in [0.29, 0.717) is 0 Å². The highest BCUT2D eigenvalue weighted by Gasteiger charge is 2.40. The van der Waals surface area contributed by atoms with Gasteiger partial charge in [-0.3, -0.25) is 0 Å². The third-order valence-electron chi connectivity index (χ3n) is 2.12. The van der Waals surface area contributed by atoms with Gasteiger partial charge >= 0.3 is 0 Å². The van der Waals surface area contributed by atoms with Gasteiger partial charge in [0.15, 0.2) is 0 Å². The zero-order chi connectivity index (χ0) is 35.5. The van der Waals surface area contributed by atoms with Gasteiger partial charge in [-0.15, -0.1) is 0 Å². The second kappa shape index (κ2) is 5.93. The topological polar surface area (TPSA) is 32.7 Å². The van der Waals surface area contributed by atoms with Gasteiger partial charge in [-0.05, 0) is 44.3 Å². The van der Waals surface area contributed by atoms with E-state index in [-0.39, 0.29) is 0 Å². The second-order valence-electron chi connectivity index (χ2n) is 3.31. The van der Waals surface area contributed by atoms with Crippen LogP contribution in [0.2, 0.25) is 0 Å². The highest BCUT2D eigenvalue weighted by molar-refractivity contribution is 5.33. The van der Waals surface area contributed by atoms with Gasteiger partial charge in [0.05, 0.1) is 22.2 Å². The lowest BCUT2D eigenvalue weighted by atomic mass is 9.71. The molecule has 2 rings (SSSR count). The van der Waals surface area contributed by atoms with Crippen molar-refractivity contribution in [3.8, 4) is 5.75 Å². The standard InChI is InChI=1S/C16H25NO2/c1-17(2)12-14-7-4-5-10-16(14,18)13-8-6-9-15(11-13)19-3/h6,8-9,11,14,18H,4-5,7,10,12H2,1-3H3/t14-,16+/m1/s1/i1D3,2D3,3D3,4D2,5D2,6D,7D2,8D,9D,10D2,11D,12D2,14D,18D. The number of ether oxygens (including phenoxy) is 1. The Labute approximate surface area is 151 Å². The summed E-state index contributed by atoms with van der Waals surface area (Å²) in [5, 5.41) is 4.39. The van der Waals surface area contributed by atoms with E-state index < -0.39 is 105 Å². The normalized spacial score (nSPS) is 63.9. The number of benzene rings is 1. The van der Waals surface area contributed by atoms with Crippen LogP contribution in [0.5, 0.6) is 5.75 Å². The fourth-order valence-corrected chi connectivity index (χ4v) is 1.32. The van der Waals surface area contributed by atoms with E-state index in [4.69, 9.17) is 33.0 Å². The first-order valence-electron chi connectivity index (χ1n) is 17.2. The van der Waals surface area contributed by atoms with E-state index in [9.17, 15) is 1.37 Å². The SMILES string of the molecule is [2H]O[C@]1(c2c([2H])c([2H])c([2H])c(OC([2H])([2H])[2H])c2[2H])C([2H])([2H])C([2H])([2H])C([2H])([2H])C([2H])([2H])[C@]1([2H])C([2H])([2H])N(C([2H])([2H])[2H])C([2H])([2H])[2H]. The van der Waals surface area contributed by atoms with Crippen molar-refractivity contribution in [3.05, 3.63) is 29.7 Å². The minimum atomic E-state index is -4.92. The van der Waals surface area contributed by atoms with Gasteiger partial charge < -0.3 is 14.7 Å². The minimum Gasteiger partial charge on any atom is -0.497 e. The van der Waals surface area contributed by atoms with E-state index in [0.717, 1.165) is 0 Å². The zero-order valence-electron chi connectivity index (χ0n) is 34.3. The third kappa shape index (κ3) is 3.10. The minimum absolute atomic E-state index is 1.13. The molecule has 0 spiro atoms. The van der Waals surface area contributed by atoms with Gasteiger partial charge in [-0.2, -0.15) is 0 Å². The lowest BCUT2D eigenvalue weighted by molar-refractivity contribution is -0.0619. The summed E-state index contributed by atoms with van der Waals surface area (Å²) in [6, 6.07) is -6.37. The molecule has 1 fully saturated rings. The first kappa shape index (κ1) is 2.67. The zero-order valence-corrected chi connectivity index (χ0v) is 9.26. The van der Waals surface area contributed by atoms with Gasteiger partial charge in [0.2, 0.25) is 1.43 Å². The molecule has 2 atom stereocenters. The predicted molar refractivity (Wildman–Crippen MR) is 77.4 cm³/mol. The molecule has 3 heteroatoms. The quantitative estimate of drug-likeness (QED) is 0.904. The molecule has 0 saturated heterocycles. The molecule has 1 saturated carbocycles. The Balaban J connectivity index is 3.55. The lowest BCUT2D eigenvalue weighted by Crippen LogP contribution is -2.43. The largest absolute Gasteiger partial charge is 0.497 e. The molecule has 3 nitrogen and oxygen atoms in total. The molecule has 19 heavy (non-hydrogen) atoms. The molecule has 0 aromatic heterocycles. The van der Waals surface area contributed by atoms with Crippen LogP contribution in [0.4, 0.5) is 0 Å². The van der Waals surface area contributed by atoms with E-state index in [2.05, 4.69) is 9.85 Å². The molecule has 0 aliphatic heterocycles. The predicted octanol–water partition coefficient (Wildman–Crippen LogP) is 2.63. The van der Waals surface area contributed by atoms with Gasteiger partial charge in [0.1, 0.15) is 5.75 Å². The maximum atomic E-state index is 9.20. The monoisotopic (exact) mass is 288 g/mol. The highest BCUT2D eigenvalue weighted by atomic mass is 16.5. The number of nitrogens with zero attached hydrogens (tertiary/aromatic N) is 1. The summed E-state index contributed by atoms with van der Waals surface area (Å²) in [4.78, 5) is -1.13. The molecule has 1 aliphatic carbocycles. The summed E-state index contributed by atoms with van der Waals surface area (Å²) in [5.41, 5.74) is -6.59. The van der Waals surface area contributed by atoms with Crippen molar-refractivity contribution in [1.29, 1.82) is 1.43 Å². The number of hydrogen-bond acceptors (Lipinski definition) is 3. The second-order valence-corrected chi connectivity index (χ2v) is 3.31. The van der Waals surface area contributed by atoms with Crippen LogP contribution in [0.15, 0.2) is 24.2 Å². The molecule has 1 N–H and O–H groups in total. The van der Waals surface area contributed by atoms with Crippen molar-refractivity contribution >= 4 is 0 Å². The molecule has 0 radical (unpaired) electrons. The highest BCUT2D eigenvalue weighted by Crippen LogP contribution is 2.42. The molecular weight excluding hydrogens is 238 g/mol. The van der Waals surface area contributed by atoms with E-state index >= 15 is 0 Å². The molecule has 106 valence electrons. The molecule has 1 aliphatic rings. The van der Waals surface area contributed by atoms with E-state index in [1.807, 2.05) is 0 Å². The summed E-state index contributed by atoms with van der Waals surface area (Å²) in [6.45, 7) is -13.2. The lowest BCUT2D eigenvalue weighted by Gasteiger charge is -2.41. The van der Waals surface area contributed by atoms with Crippen LogP contribution in [-0.2, 0) is 5.60 Å². The number of hydrogen-bond donors (Lipinski definition) is 1. The number of methoxy groups -OCH3 is 1. The van der Waals surface area contributed by atoms with Crippen molar-refractivity contribution in [1.82, 2.24) is 4.90 Å². The Kier molecular flexibility index (Phi) is 0.832. The molecule has 0 unspecified atom stereocenters. The Hall–Kier alpha value is -1.06. The third-order valence-corrected chi connectivity index (χ3v) is 2.12. The molecule has 0 amide bonds. The van der Waals surface area contributed by atoms with Crippen molar-refractivity contribution in [2.75, 3.05) is 27.5 Å². The fraction of sp³-hybridized carbons (Fsp3) is 0.625. The van der Waals surface area contributed by atoms with Crippen molar-refractivity contribution in [2.24, 2.45) is 5.89 Å². The van der Waals surface area contributed by atoms with Crippen LogP contribution in [0.3, 0.4) is 0 Å². The molecule has 1 aromatic rings. The molecule has 0 heterocycles. The Morgan fingerprint density at radius 2 is 2.68 bits per heavy atom. The van der Waals surface area contributed by atoms with Crippen molar-refractivity contribution < 1.29 is 42.7 Å². The smallest absolute Gasteiger partial charge is 0.211 e. The van der Waals surface area contributed by atoms with Crippen LogP contribution in [0, 0.1) is 5.89 Å². The maximum absolute atomic E-state index is 9.20. The van der Waals surface area contributed by atoms with Crippen LogP contribution in [0.25, 0.3) is 0 Å². The Morgan fingerprint density at radius 3 is 3.47 bits per heavy atom. The average molecular weight is 289 g/mol. The summed E-state index contributed by atoms with van der Waals surface area (Å²) < 4.78 is 208. The summed E-state index contributed by atoms with van der Waals surface area (Å²) in [5.74, 6) is -6.47. The maximum Gasteiger partial charge on any atom is 0.211 e. The summed E-state index contributed by atoms with van der Waals surface area (Å²) in [7, 11) is -3.58. The van der Waals surface area contributed by atoms with Gasteiger partial charge in [0, 0.05) is 35.7 Å². The van der Waals surface area contributed by atoms with Crippen LogP contribution < -0.4 is 4.74 Å². The van der Waals surface area contributed by atoms with Crippen LogP contribution >= 0.6 is 0 Å². The molecular formula is C16H25NO2.